The number of carbonyl (C=O) groups excluding carboxylic acids is 2. The molecule has 5 heteroatoms. The van der Waals surface area contributed by atoms with Gasteiger partial charge in [0.2, 0.25) is 0 Å². The molecule has 0 atom stereocenters. The normalized spacial score (nSPS) is 10.1. The lowest BCUT2D eigenvalue weighted by molar-refractivity contribution is 0.0749. The number of rotatable bonds is 6. The molecule has 0 radical (unpaired) electrons. The van der Waals surface area contributed by atoms with Crippen molar-refractivity contribution < 1.29 is 9.59 Å². The Morgan fingerprint density at radius 3 is 2.42 bits per heavy atom. The van der Waals surface area contributed by atoms with E-state index in [0.29, 0.717) is 24.3 Å². The van der Waals surface area contributed by atoms with Gasteiger partial charge in [0.15, 0.2) is 0 Å². The second-order valence-corrected chi connectivity index (χ2v) is 4.30. The molecule has 1 rings (SSSR count). The highest BCUT2D eigenvalue weighted by molar-refractivity contribution is 5.98. The molecule has 0 aliphatic heterocycles. The molecule has 19 heavy (non-hydrogen) atoms. The summed E-state index contributed by atoms with van der Waals surface area (Å²) in [5, 5.41) is 2.54. The van der Waals surface area contributed by atoms with Gasteiger partial charge >= 0.3 is 0 Å². The van der Waals surface area contributed by atoms with Crippen molar-refractivity contribution in [3.63, 3.8) is 0 Å². The molecule has 5 nitrogen and oxygen atoms in total. The first-order valence-corrected chi connectivity index (χ1v) is 6.61. The van der Waals surface area contributed by atoms with Crippen LogP contribution < -0.4 is 5.32 Å². The van der Waals surface area contributed by atoms with Crippen molar-refractivity contribution >= 4 is 11.8 Å². The van der Waals surface area contributed by atoms with Crippen LogP contribution in [0.15, 0.2) is 18.3 Å². The first kappa shape index (κ1) is 15.1. The summed E-state index contributed by atoms with van der Waals surface area (Å²) in [4.78, 5) is 29.7. The van der Waals surface area contributed by atoms with Crippen molar-refractivity contribution in [2.45, 2.75) is 26.7 Å². The quantitative estimate of drug-likeness (QED) is 0.849. The zero-order valence-electron chi connectivity index (χ0n) is 11.8. The fraction of sp³-hybridized carbons (Fsp3) is 0.500. The number of nitrogens with one attached hydrogen (secondary N) is 1. The van der Waals surface area contributed by atoms with Crippen molar-refractivity contribution in [3.8, 4) is 0 Å². The molecule has 1 aromatic rings. The Kier molecular flexibility index (Phi) is 5.99. The fourth-order valence-electron chi connectivity index (χ4n) is 1.85. The first-order valence-electron chi connectivity index (χ1n) is 6.61. The third-order valence-electron chi connectivity index (χ3n) is 2.74. The van der Waals surface area contributed by atoms with Crippen LogP contribution in [0.2, 0.25) is 0 Å². The maximum atomic E-state index is 12.3. The van der Waals surface area contributed by atoms with Crippen LogP contribution in [0.25, 0.3) is 0 Å². The highest BCUT2D eigenvalue weighted by Crippen LogP contribution is 2.07. The van der Waals surface area contributed by atoms with Crippen molar-refractivity contribution in [1.82, 2.24) is 15.2 Å². The average molecular weight is 263 g/mol. The molecule has 0 saturated heterocycles. The molecule has 2 amide bonds. The monoisotopic (exact) mass is 263 g/mol. The number of hydrogen-bond donors (Lipinski definition) is 1. The molecular weight excluding hydrogens is 242 g/mol. The Balaban J connectivity index is 2.94. The largest absolute Gasteiger partial charge is 0.355 e. The van der Waals surface area contributed by atoms with E-state index in [2.05, 4.69) is 10.3 Å². The van der Waals surface area contributed by atoms with Gasteiger partial charge < -0.3 is 10.2 Å². The lowest BCUT2D eigenvalue weighted by Gasteiger charge is -2.21. The predicted octanol–water partition coefficient (Wildman–Crippen LogP) is 1.70. The SMILES string of the molecule is CCCN(CCC)C(=O)c1cc(C(=O)NC)ccn1. The molecule has 0 spiro atoms. The summed E-state index contributed by atoms with van der Waals surface area (Å²) in [7, 11) is 1.56. The Morgan fingerprint density at radius 2 is 1.89 bits per heavy atom. The van der Waals surface area contributed by atoms with Crippen LogP contribution in [0.5, 0.6) is 0 Å². The molecule has 1 heterocycles. The number of pyridine rings is 1. The summed E-state index contributed by atoms with van der Waals surface area (Å²) >= 11 is 0. The highest BCUT2D eigenvalue weighted by Gasteiger charge is 2.16. The maximum Gasteiger partial charge on any atom is 0.272 e. The lowest BCUT2D eigenvalue weighted by Crippen LogP contribution is -2.33. The summed E-state index contributed by atoms with van der Waals surface area (Å²) in [5.74, 6) is -0.330. The van der Waals surface area contributed by atoms with Gasteiger partial charge in [-0.2, -0.15) is 0 Å². The van der Waals surface area contributed by atoms with E-state index in [9.17, 15) is 9.59 Å². The van der Waals surface area contributed by atoms with E-state index >= 15 is 0 Å². The fourth-order valence-corrected chi connectivity index (χ4v) is 1.85. The molecule has 0 bridgehead atoms. The molecule has 0 aliphatic rings. The molecule has 0 saturated carbocycles. The molecule has 0 fully saturated rings. The van der Waals surface area contributed by atoms with Crippen LogP contribution in [0.3, 0.4) is 0 Å². The summed E-state index contributed by atoms with van der Waals surface area (Å²) in [6.07, 6.45) is 3.30. The summed E-state index contributed by atoms with van der Waals surface area (Å²) < 4.78 is 0. The Morgan fingerprint density at radius 1 is 1.26 bits per heavy atom. The van der Waals surface area contributed by atoms with Gasteiger partial charge in [0, 0.05) is 31.9 Å². The molecule has 1 N–H and O–H groups in total. The van der Waals surface area contributed by atoms with E-state index in [-0.39, 0.29) is 11.8 Å². The predicted molar refractivity (Wildman–Crippen MR) is 74.1 cm³/mol. The molecule has 0 aliphatic carbocycles. The van der Waals surface area contributed by atoms with Crippen LogP contribution in [-0.4, -0.2) is 41.8 Å². The second kappa shape index (κ2) is 7.51. The Labute approximate surface area is 114 Å². The smallest absolute Gasteiger partial charge is 0.272 e. The minimum Gasteiger partial charge on any atom is -0.355 e. The maximum absolute atomic E-state index is 12.3. The van der Waals surface area contributed by atoms with Gasteiger partial charge in [0.05, 0.1) is 0 Å². The van der Waals surface area contributed by atoms with Crippen LogP contribution in [0.1, 0.15) is 47.5 Å². The van der Waals surface area contributed by atoms with E-state index in [1.807, 2.05) is 13.8 Å². The van der Waals surface area contributed by atoms with Gasteiger partial charge in [-0.3, -0.25) is 14.6 Å². The van der Waals surface area contributed by atoms with Crippen molar-refractivity contribution in [3.05, 3.63) is 29.6 Å². The van der Waals surface area contributed by atoms with Crippen LogP contribution in [0.4, 0.5) is 0 Å². The minimum atomic E-state index is -0.214. The van der Waals surface area contributed by atoms with Gasteiger partial charge in [0.1, 0.15) is 5.69 Å². The number of hydrogen-bond acceptors (Lipinski definition) is 3. The van der Waals surface area contributed by atoms with E-state index in [0.717, 1.165) is 12.8 Å². The Bertz CT molecular complexity index is 440. The topological polar surface area (TPSA) is 62.3 Å². The van der Waals surface area contributed by atoms with E-state index in [1.54, 1.807) is 24.1 Å². The minimum absolute atomic E-state index is 0.116. The number of carbonyl (C=O) groups is 2. The third-order valence-corrected chi connectivity index (χ3v) is 2.74. The van der Waals surface area contributed by atoms with Gasteiger partial charge in [-0.1, -0.05) is 13.8 Å². The van der Waals surface area contributed by atoms with Crippen LogP contribution >= 0.6 is 0 Å². The van der Waals surface area contributed by atoms with Crippen LogP contribution in [0, 0.1) is 0 Å². The number of nitrogens with zero attached hydrogens (tertiary/aromatic N) is 2. The van der Waals surface area contributed by atoms with Crippen molar-refractivity contribution in [2.24, 2.45) is 0 Å². The van der Waals surface area contributed by atoms with Crippen molar-refractivity contribution in [2.75, 3.05) is 20.1 Å². The van der Waals surface area contributed by atoms with Gasteiger partial charge in [-0.25, -0.2) is 0 Å². The summed E-state index contributed by atoms with van der Waals surface area (Å²) in [5.41, 5.74) is 0.775. The molecule has 0 unspecified atom stereocenters. The number of aromatic nitrogens is 1. The lowest BCUT2D eigenvalue weighted by atomic mass is 10.2. The zero-order valence-corrected chi connectivity index (χ0v) is 11.8. The summed E-state index contributed by atoms with van der Waals surface area (Å²) in [6, 6.07) is 3.14. The summed E-state index contributed by atoms with van der Waals surface area (Å²) in [6.45, 7) is 5.48. The van der Waals surface area contributed by atoms with E-state index < -0.39 is 0 Å². The third kappa shape index (κ3) is 4.05. The Hall–Kier alpha value is -1.91. The molecule has 0 aromatic carbocycles. The van der Waals surface area contributed by atoms with Crippen molar-refractivity contribution in [1.29, 1.82) is 0 Å². The van der Waals surface area contributed by atoms with Gasteiger partial charge in [-0.15, -0.1) is 0 Å². The van der Waals surface area contributed by atoms with Crippen LogP contribution in [-0.2, 0) is 0 Å². The standard InChI is InChI=1S/C14H21N3O2/c1-4-8-17(9-5-2)14(19)12-10-11(6-7-16-12)13(18)15-3/h6-7,10H,4-5,8-9H2,1-3H3,(H,15,18). The average Bonchev–Trinajstić information content (AvgIpc) is 2.45. The van der Waals surface area contributed by atoms with E-state index in [1.165, 1.54) is 6.20 Å². The second-order valence-electron chi connectivity index (χ2n) is 4.30. The molecule has 1 aromatic heterocycles. The highest BCUT2D eigenvalue weighted by atomic mass is 16.2. The van der Waals surface area contributed by atoms with E-state index in [4.69, 9.17) is 0 Å². The molecular formula is C14H21N3O2. The number of amides is 2. The zero-order chi connectivity index (χ0) is 14.3. The first-order chi connectivity index (χ1) is 9.13. The molecule has 104 valence electrons. The van der Waals surface area contributed by atoms with Gasteiger partial charge in [-0.05, 0) is 25.0 Å². The van der Waals surface area contributed by atoms with Gasteiger partial charge in [0.25, 0.3) is 11.8 Å².